The van der Waals surface area contributed by atoms with Crippen LogP contribution in [0.15, 0.2) is 60.7 Å². The number of carboxylic acids is 1. The van der Waals surface area contributed by atoms with Crippen molar-refractivity contribution in [3.8, 4) is 11.5 Å². The van der Waals surface area contributed by atoms with Crippen molar-refractivity contribution in [2.24, 2.45) is 0 Å². The molecule has 3 aromatic rings. The van der Waals surface area contributed by atoms with E-state index in [4.69, 9.17) is 21.1 Å². The second-order valence-electron chi connectivity index (χ2n) is 8.16. The summed E-state index contributed by atoms with van der Waals surface area (Å²) in [5, 5.41) is 13.1. The van der Waals surface area contributed by atoms with Crippen LogP contribution < -0.4 is 14.8 Å². The minimum Gasteiger partial charge on any atom is -0.493 e. The van der Waals surface area contributed by atoms with Gasteiger partial charge in [0.2, 0.25) is 0 Å². The number of methoxy groups -OCH3 is 1. The molecular formula is C26H23ClFNO5. The number of aliphatic carboxylic acids is 1. The predicted molar refractivity (Wildman–Crippen MR) is 125 cm³/mol. The zero-order valence-corrected chi connectivity index (χ0v) is 19.2. The van der Waals surface area contributed by atoms with Gasteiger partial charge in [0.1, 0.15) is 11.4 Å². The van der Waals surface area contributed by atoms with Crippen molar-refractivity contribution in [1.82, 2.24) is 5.32 Å². The number of halogens is 2. The minimum atomic E-state index is -1.42. The normalized spacial score (nSPS) is 13.7. The van der Waals surface area contributed by atoms with Gasteiger partial charge in [0.15, 0.2) is 11.5 Å². The van der Waals surface area contributed by atoms with E-state index in [2.05, 4.69) is 5.32 Å². The Kier molecular flexibility index (Phi) is 6.75. The van der Waals surface area contributed by atoms with Crippen LogP contribution >= 0.6 is 11.6 Å². The summed E-state index contributed by atoms with van der Waals surface area (Å²) in [4.78, 5) is 25.2. The Morgan fingerprint density at radius 2 is 1.76 bits per heavy atom. The highest BCUT2D eigenvalue weighted by molar-refractivity contribution is 6.30. The average molecular weight is 484 g/mol. The lowest BCUT2D eigenvalue weighted by Crippen LogP contribution is -2.55. The number of rotatable bonds is 8. The Bertz CT molecular complexity index is 1220. The summed E-state index contributed by atoms with van der Waals surface area (Å²) in [7, 11) is 1.47. The quantitative estimate of drug-likeness (QED) is 0.494. The molecule has 0 aliphatic heterocycles. The number of nitrogens with one attached hydrogen (secondary N) is 1. The van der Waals surface area contributed by atoms with Crippen LogP contribution in [0, 0.1) is 5.82 Å². The Hall–Kier alpha value is -3.58. The minimum absolute atomic E-state index is 0.118. The molecule has 0 fully saturated rings. The van der Waals surface area contributed by atoms with E-state index in [0.29, 0.717) is 16.3 Å². The number of benzene rings is 3. The summed E-state index contributed by atoms with van der Waals surface area (Å²) in [5.41, 5.74) is 1.01. The molecule has 3 aromatic carbocycles. The van der Waals surface area contributed by atoms with Gasteiger partial charge in [-0.05, 0) is 53.1 Å². The smallest absolute Gasteiger partial charge is 0.330 e. The Morgan fingerprint density at radius 3 is 2.41 bits per heavy atom. The topological polar surface area (TPSA) is 84.9 Å². The molecule has 0 spiro atoms. The van der Waals surface area contributed by atoms with E-state index in [9.17, 15) is 19.1 Å². The maximum atomic E-state index is 14.0. The van der Waals surface area contributed by atoms with Crippen LogP contribution in [0.2, 0.25) is 5.02 Å². The van der Waals surface area contributed by atoms with Crippen LogP contribution in [0.3, 0.4) is 0 Å². The van der Waals surface area contributed by atoms with Gasteiger partial charge in [0, 0.05) is 29.8 Å². The number of hydrogen-bond acceptors (Lipinski definition) is 4. The van der Waals surface area contributed by atoms with Gasteiger partial charge in [0.05, 0.1) is 13.7 Å². The van der Waals surface area contributed by atoms with Gasteiger partial charge in [-0.3, -0.25) is 4.79 Å². The summed E-state index contributed by atoms with van der Waals surface area (Å²) >= 11 is 5.94. The second kappa shape index (κ2) is 9.73. The molecule has 2 N–H and O–H groups in total. The van der Waals surface area contributed by atoms with Gasteiger partial charge in [-0.2, -0.15) is 0 Å². The number of carboxylic acid groups (broad SMARTS) is 1. The van der Waals surface area contributed by atoms with Gasteiger partial charge >= 0.3 is 5.97 Å². The van der Waals surface area contributed by atoms with Gasteiger partial charge in [-0.1, -0.05) is 35.9 Å². The van der Waals surface area contributed by atoms with E-state index in [1.54, 1.807) is 6.07 Å². The first-order valence-electron chi connectivity index (χ1n) is 10.7. The number of amides is 1. The fourth-order valence-corrected chi connectivity index (χ4v) is 4.33. The molecule has 0 aromatic heterocycles. The number of carbonyl (C=O) groups is 2. The maximum Gasteiger partial charge on any atom is 0.330 e. The van der Waals surface area contributed by atoms with Crippen molar-refractivity contribution >= 4 is 23.5 Å². The molecular weight excluding hydrogens is 461 g/mol. The molecule has 0 saturated carbocycles. The monoisotopic (exact) mass is 483 g/mol. The molecule has 176 valence electrons. The van der Waals surface area contributed by atoms with Gasteiger partial charge < -0.3 is 19.9 Å². The maximum absolute atomic E-state index is 14.0. The van der Waals surface area contributed by atoms with Crippen molar-refractivity contribution in [3.63, 3.8) is 0 Å². The van der Waals surface area contributed by atoms with Crippen LogP contribution in [-0.4, -0.2) is 36.2 Å². The second-order valence-corrected chi connectivity index (χ2v) is 8.60. The molecule has 0 heterocycles. The van der Waals surface area contributed by atoms with Crippen molar-refractivity contribution < 1.29 is 28.6 Å². The van der Waals surface area contributed by atoms with Gasteiger partial charge in [-0.25, -0.2) is 9.18 Å². The van der Waals surface area contributed by atoms with E-state index in [0.717, 1.165) is 11.1 Å². The largest absolute Gasteiger partial charge is 0.493 e. The lowest BCUT2D eigenvalue weighted by molar-refractivity contribution is -0.144. The first-order chi connectivity index (χ1) is 16.3. The first kappa shape index (κ1) is 23.6. The van der Waals surface area contributed by atoms with Crippen LogP contribution in [0.5, 0.6) is 11.5 Å². The Morgan fingerprint density at radius 1 is 1.06 bits per heavy atom. The third kappa shape index (κ3) is 4.84. The van der Waals surface area contributed by atoms with Crippen molar-refractivity contribution in [2.75, 3.05) is 13.7 Å². The number of fused-ring (bicyclic) bond motifs is 1. The van der Waals surface area contributed by atoms with Crippen LogP contribution in [-0.2, 0) is 24.1 Å². The SMILES string of the molecule is COc1ccc(C(=O)NC2(C(=O)O)Cc3ccccc3C2)cc1OCCc1cc(Cl)ccc1F. The summed E-state index contributed by atoms with van der Waals surface area (Å²) in [6.45, 7) is 0.118. The van der Waals surface area contributed by atoms with Crippen molar-refractivity contribution in [3.05, 3.63) is 93.8 Å². The van der Waals surface area contributed by atoms with E-state index < -0.39 is 17.4 Å². The molecule has 0 saturated heterocycles. The van der Waals surface area contributed by atoms with E-state index in [1.807, 2.05) is 24.3 Å². The summed E-state index contributed by atoms with van der Waals surface area (Å²) in [6.07, 6.45) is 0.663. The fourth-order valence-electron chi connectivity index (χ4n) is 4.13. The van der Waals surface area contributed by atoms with Crippen molar-refractivity contribution in [2.45, 2.75) is 24.8 Å². The van der Waals surface area contributed by atoms with Crippen LogP contribution in [0.1, 0.15) is 27.0 Å². The highest BCUT2D eigenvalue weighted by atomic mass is 35.5. The molecule has 6 nitrogen and oxygen atoms in total. The third-order valence-corrected chi connectivity index (χ3v) is 6.16. The molecule has 1 aliphatic rings. The van der Waals surface area contributed by atoms with Crippen molar-refractivity contribution in [1.29, 1.82) is 0 Å². The van der Waals surface area contributed by atoms with Gasteiger partial charge in [-0.15, -0.1) is 0 Å². The highest BCUT2D eigenvalue weighted by Crippen LogP contribution is 2.32. The molecule has 34 heavy (non-hydrogen) atoms. The highest BCUT2D eigenvalue weighted by Gasteiger charge is 2.45. The van der Waals surface area contributed by atoms with E-state index >= 15 is 0 Å². The lowest BCUT2D eigenvalue weighted by atomic mass is 9.95. The zero-order chi connectivity index (χ0) is 24.3. The molecule has 0 bridgehead atoms. The average Bonchev–Trinajstić information content (AvgIpc) is 3.20. The number of hydrogen-bond donors (Lipinski definition) is 2. The summed E-state index contributed by atoms with van der Waals surface area (Å²) in [5.74, 6) is -1.33. The van der Waals surface area contributed by atoms with E-state index in [1.165, 1.54) is 37.4 Å². The Labute approximate surface area is 201 Å². The molecule has 1 aliphatic carbocycles. The molecule has 0 atom stereocenters. The lowest BCUT2D eigenvalue weighted by Gasteiger charge is -2.25. The first-order valence-corrected chi connectivity index (χ1v) is 11.1. The summed E-state index contributed by atoms with van der Waals surface area (Å²) in [6, 6.07) is 16.3. The zero-order valence-electron chi connectivity index (χ0n) is 18.4. The molecule has 1 amide bonds. The van der Waals surface area contributed by atoms with E-state index in [-0.39, 0.29) is 43.0 Å². The standard InChI is InChI=1S/C26H23ClFNO5/c1-33-22-9-6-17(13-23(22)34-11-10-16-12-20(27)7-8-21(16)28)24(30)29-26(25(31)32)14-18-4-2-3-5-19(18)15-26/h2-9,12-13H,10-11,14-15H2,1H3,(H,29,30)(H,31,32). The molecule has 0 radical (unpaired) electrons. The third-order valence-electron chi connectivity index (χ3n) is 5.93. The molecule has 0 unspecified atom stereocenters. The Balaban J connectivity index is 1.50. The number of ether oxygens (including phenoxy) is 2. The predicted octanol–water partition coefficient (Wildman–Crippen LogP) is 4.46. The summed E-state index contributed by atoms with van der Waals surface area (Å²) < 4.78 is 25.1. The molecule has 8 heteroatoms. The van der Waals surface area contributed by atoms with Crippen LogP contribution in [0.4, 0.5) is 4.39 Å². The fraction of sp³-hybridized carbons (Fsp3) is 0.231. The number of carbonyl (C=O) groups excluding carboxylic acids is 1. The van der Waals surface area contributed by atoms with Gasteiger partial charge in [0.25, 0.3) is 5.91 Å². The van der Waals surface area contributed by atoms with Crippen LogP contribution in [0.25, 0.3) is 0 Å². The molecule has 4 rings (SSSR count).